The molecular formula is C38H80NO2+. The number of aliphatic hydroxyl groups is 2. The van der Waals surface area contributed by atoms with E-state index in [0.717, 1.165) is 30.7 Å². The normalized spacial score (nSPS) is 12.0. The minimum Gasteiger partial charge on any atom is -0.391 e. The predicted molar refractivity (Wildman–Crippen MR) is 184 cm³/mol. The summed E-state index contributed by atoms with van der Waals surface area (Å²) in [7, 11) is 0. The van der Waals surface area contributed by atoms with Gasteiger partial charge >= 0.3 is 0 Å². The van der Waals surface area contributed by atoms with Crippen molar-refractivity contribution in [3.05, 3.63) is 0 Å². The van der Waals surface area contributed by atoms with E-state index in [1.54, 1.807) is 0 Å². The lowest BCUT2D eigenvalue weighted by Gasteiger charge is -2.38. The summed E-state index contributed by atoms with van der Waals surface area (Å²) in [5, 5.41) is 19.6. The SMILES string of the molecule is CCCCCCCCCCCCCCCCCC[N+](CCO)(CCO)CCCCCCCCCCCCCCCC. The molecule has 0 fully saturated rings. The molecule has 0 aromatic rings. The minimum atomic E-state index is 0.247. The molecule has 3 heteroatoms. The van der Waals surface area contributed by atoms with Crippen molar-refractivity contribution in [1.29, 1.82) is 0 Å². The fourth-order valence-corrected chi connectivity index (χ4v) is 6.73. The number of hydrogen-bond donors (Lipinski definition) is 2. The van der Waals surface area contributed by atoms with Gasteiger partial charge < -0.3 is 14.7 Å². The third-order valence-corrected chi connectivity index (χ3v) is 9.62. The highest BCUT2D eigenvalue weighted by Gasteiger charge is 2.25. The van der Waals surface area contributed by atoms with Gasteiger partial charge in [-0.25, -0.2) is 0 Å². The van der Waals surface area contributed by atoms with Crippen molar-refractivity contribution in [2.75, 3.05) is 39.4 Å². The summed E-state index contributed by atoms with van der Waals surface area (Å²) in [5.74, 6) is 0. The van der Waals surface area contributed by atoms with Crippen LogP contribution >= 0.6 is 0 Å². The second-order valence-corrected chi connectivity index (χ2v) is 13.6. The Kier molecular flexibility index (Phi) is 34.3. The van der Waals surface area contributed by atoms with Gasteiger partial charge in [-0.05, 0) is 25.7 Å². The molecule has 0 saturated heterocycles. The van der Waals surface area contributed by atoms with Gasteiger partial charge in [0.15, 0.2) is 0 Å². The number of aliphatic hydroxyl groups excluding tert-OH is 2. The summed E-state index contributed by atoms with van der Waals surface area (Å²) in [6.07, 6.45) is 42.0. The van der Waals surface area contributed by atoms with Crippen LogP contribution in [0.25, 0.3) is 0 Å². The number of nitrogens with zero attached hydrogens (tertiary/aromatic N) is 1. The highest BCUT2D eigenvalue weighted by atomic mass is 16.3. The molecule has 0 radical (unpaired) electrons. The summed E-state index contributed by atoms with van der Waals surface area (Å²) in [6, 6.07) is 0. The van der Waals surface area contributed by atoms with E-state index in [9.17, 15) is 10.2 Å². The Bertz CT molecular complexity index is 463. The average molecular weight is 583 g/mol. The lowest BCUT2D eigenvalue weighted by atomic mass is 10.0. The van der Waals surface area contributed by atoms with Crippen LogP contribution in [0, 0.1) is 0 Å². The Morgan fingerprint density at radius 3 is 0.659 bits per heavy atom. The minimum absolute atomic E-state index is 0.247. The van der Waals surface area contributed by atoms with E-state index in [4.69, 9.17) is 0 Å². The van der Waals surface area contributed by atoms with Crippen LogP contribution < -0.4 is 0 Å². The summed E-state index contributed by atoms with van der Waals surface area (Å²) in [6.45, 7) is 8.99. The fourth-order valence-electron chi connectivity index (χ4n) is 6.73. The number of rotatable bonds is 36. The maximum atomic E-state index is 9.78. The summed E-state index contributed by atoms with van der Waals surface area (Å²) in [4.78, 5) is 0. The highest BCUT2D eigenvalue weighted by Crippen LogP contribution is 2.18. The second-order valence-electron chi connectivity index (χ2n) is 13.6. The number of hydrogen-bond acceptors (Lipinski definition) is 2. The molecular weight excluding hydrogens is 502 g/mol. The highest BCUT2D eigenvalue weighted by molar-refractivity contribution is 4.54. The zero-order valence-electron chi connectivity index (χ0n) is 28.8. The quantitative estimate of drug-likeness (QED) is 0.0569. The smallest absolute Gasteiger partial charge is 0.102 e. The topological polar surface area (TPSA) is 40.5 Å². The molecule has 0 aliphatic carbocycles. The Balaban J connectivity index is 3.74. The van der Waals surface area contributed by atoms with Crippen molar-refractivity contribution in [2.24, 2.45) is 0 Å². The van der Waals surface area contributed by atoms with Crippen LogP contribution in [0.2, 0.25) is 0 Å². The van der Waals surface area contributed by atoms with Crippen LogP contribution in [0.5, 0.6) is 0 Å². The Morgan fingerprint density at radius 2 is 0.463 bits per heavy atom. The molecule has 248 valence electrons. The summed E-state index contributed by atoms with van der Waals surface area (Å²) < 4.78 is 0.934. The number of unbranched alkanes of at least 4 members (excludes halogenated alkanes) is 28. The van der Waals surface area contributed by atoms with Gasteiger partial charge in [0, 0.05) is 0 Å². The van der Waals surface area contributed by atoms with Gasteiger partial charge in [0.1, 0.15) is 13.1 Å². The first-order valence-electron chi connectivity index (χ1n) is 19.3. The molecule has 3 nitrogen and oxygen atoms in total. The Morgan fingerprint density at radius 1 is 0.268 bits per heavy atom. The molecule has 41 heavy (non-hydrogen) atoms. The first kappa shape index (κ1) is 40.9. The molecule has 0 aliphatic heterocycles. The van der Waals surface area contributed by atoms with E-state index in [-0.39, 0.29) is 13.2 Å². The van der Waals surface area contributed by atoms with Crippen LogP contribution in [-0.2, 0) is 0 Å². The maximum Gasteiger partial charge on any atom is 0.102 e. The van der Waals surface area contributed by atoms with E-state index >= 15 is 0 Å². The summed E-state index contributed by atoms with van der Waals surface area (Å²) in [5.41, 5.74) is 0. The zero-order chi connectivity index (χ0) is 30.0. The Labute approximate surface area is 260 Å². The van der Waals surface area contributed by atoms with E-state index in [0.29, 0.717) is 0 Å². The van der Waals surface area contributed by atoms with E-state index in [1.165, 1.54) is 193 Å². The van der Waals surface area contributed by atoms with Crippen LogP contribution in [0.15, 0.2) is 0 Å². The van der Waals surface area contributed by atoms with Crippen molar-refractivity contribution in [1.82, 2.24) is 0 Å². The van der Waals surface area contributed by atoms with E-state index < -0.39 is 0 Å². The lowest BCUT2D eigenvalue weighted by Crippen LogP contribution is -2.52. The first-order valence-corrected chi connectivity index (χ1v) is 19.3. The molecule has 0 rings (SSSR count). The predicted octanol–water partition coefficient (Wildman–Crippen LogP) is 11.5. The standard InChI is InChI=1S/C38H80NO2/c1-3-5-7-9-11-13-15-17-19-20-22-24-26-28-30-32-34-39(35-37-40,36-38-41)33-31-29-27-25-23-21-18-16-14-12-10-8-6-4-2/h40-41H,3-38H2,1-2H3/q+1. The average Bonchev–Trinajstić information content (AvgIpc) is 2.97. The monoisotopic (exact) mass is 583 g/mol. The van der Waals surface area contributed by atoms with Crippen molar-refractivity contribution in [2.45, 2.75) is 206 Å². The Hall–Kier alpha value is -0.120. The lowest BCUT2D eigenvalue weighted by molar-refractivity contribution is -0.929. The van der Waals surface area contributed by atoms with Gasteiger partial charge in [0.25, 0.3) is 0 Å². The van der Waals surface area contributed by atoms with Gasteiger partial charge in [0.05, 0.1) is 26.3 Å². The first-order chi connectivity index (χ1) is 20.2. The zero-order valence-corrected chi connectivity index (χ0v) is 28.8. The van der Waals surface area contributed by atoms with E-state index in [1.807, 2.05) is 0 Å². The third-order valence-electron chi connectivity index (χ3n) is 9.62. The van der Waals surface area contributed by atoms with E-state index in [2.05, 4.69) is 13.8 Å². The molecule has 0 unspecified atom stereocenters. The van der Waals surface area contributed by atoms with Gasteiger partial charge in [-0.3, -0.25) is 0 Å². The maximum absolute atomic E-state index is 9.78. The largest absolute Gasteiger partial charge is 0.391 e. The second kappa shape index (κ2) is 34.4. The van der Waals surface area contributed by atoms with Crippen molar-refractivity contribution >= 4 is 0 Å². The molecule has 0 spiro atoms. The van der Waals surface area contributed by atoms with Crippen LogP contribution in [0.1, 0.15) is 206 Å². The van der Waals surface area contributed by atoms with Crippen molar-refractivity contribution in [3.63, 3.8) is 0 Å². The third kappa shape index (κ3) is 29.7. The number of quaternary nitrogens is 1. The van der Waals surface area contributed by atoms with Crippen LogP contribution in [0.4, 0.5) is 0 Å². The van der Waals surface area contributed by atoms with Gasteiger partial charge in [-0.2, -0.15) is 0 Å². The van der Waals surface area contributed by atoms with Crippen LogP contribution in [-0.4, -0.2) is 54.1 Å². The molecule has 0 bridgehead atoms. The fraction of sp³-hybridized carbons (Fsp3) is 1.00. The van der Waals surface area contributed by atoms with Crippen molar-refractivity contribution in [3.8, 4) is 0 Å². The molecule has 0 aromatic carbocycles. The van der Waals surface area contributed by atoms with Gasteiger partial charge in [-0.1, -0.05) is 181 Å². The molecule has 0 saturated carbocycles. The van der Waals surface area contributed by atoms with Gasteiger partial charge in [0.2, 0.25) is 0 Å². The summed E-state index contributed by atoms with van der Waals surface area (Å²) >= 11 is 0. The molecule has 0 amide bonds. The molecule has 2 N–H and O–H groups in total. The molecule has 0 aliphatic rings. The molecule has 0 atom stereocenters. The van der Waals surface area contributed by atoms with Gasteiger partial charge in [-0.15, -0.1) is 0 Å². The molecule has 0 heterocycles. The molecule has 0 aromatic heterocycles. The van der Waals surface area contributed by atoms with Crippen molar-refractivity contribution < 1.29 is 14.7 Å². The van der Waals surface area contributed by atoms with Crippen LogP contribution in [0.3, 0.4) is 0 Å².